The number of aromatic hydroxyl groups is 1. The number of phenolic OH excluding ortho intramolecular Hbond substituents is 1. The number of methoxy groups -OCH3 is 1. The zero-order valence-corrected chi connectivity index (χ0v) is 29.1. The lowest BCUT2D eigenvalue weighted by atomic mass is 9.57. The molecule has 8 nitrogen and oxygen atoms in total. The average molecular weight is 782 g/mol. The minimum Gasteiger partial charge on any atom is -0.504 e. The third kappa shape index (κ3) is 4.78. The van der Waals surface area contributed by atoms with Gasteiger partial charge in [-0.3, -0.25) is 19.2 Å². The zero-order chi connectivity index (χ0) is 37.8. The molecule has 2 aliphatic heterocycles. The van der Waals surface area contributed by atoms with Gasteiger partial charge in [-0.1, -0.05) is 47.5 Å². The third-order valence-electron chi connectivity index (χ3n) is 10.4. The highest BCUT2D eigenvalue weighted by atomic mass is 35.5. The van der Waals surface area contributed by atoms with Gasteiger partial charge in [0.15, 0.2) is 44.5 Å². The van der Waals surface area contributed by atoms with E-state index in [1.54, 1.807) is 19.1 Å². The summed E-state index contributed by atoms with van der Waals surface area (Å²) in [7, 11) is 1.30. The van der Waals surface area contributed by atoms with Crippen LogP contribution in [0.25, 0.3) is 6.08 Å². The van der Waals surface area contributed by atoms with Crippen LogP contribution >= 0.6 is 34.8 Å². The molecule has 4 aliphatic rings. The van der Waals surface area contributed by atoms with E-state index in [2.05, 4.69) is 0 Å². The van der Waals surface area contributed by atoms with Crippen LogP contribution in [-0.2, 0) is 19.2 Å². The van der Waals surface area contributed by atoms with Gasteiger partial charge in [0.1, 0.15) is 5.69 Å². The first-order valence-electron chi connectivity index (χ1n) is 15.7. The Kier molecular flexibility index (Phi) is 8.51. The summed E-state index contributed by atoms with van der Waals surface area (Å²) in [6, 6.07) is 8.79. The Morgan fingerprint density at radius 3 is 2.15 bits per heavy atom. The van der Waals surface area contributed by atoms with Gasteiger partial charge in [0.2, 0.25) is 17.6 Å². The predicted octanol–water partition coefficient (Wildman–Crippen LogP) is 7.37. The molecule has 16 heteroatoms. The molecule has 0 radical (unpaired) electrons. The van der Waals surface area contributed by atoms with Crippen molar-refractivity contribution in [3.63, 3.8) is 0 Å². The van der Waals surface area contributed by atoms with E-state index in [4.69, 9.17) is 39.5 Å². The third-order valence-corrected chi connectivity index (χ3v) is 12.2. The van der Waals surface area contributed by atoms with E-state index in [9.17, 15) is 37.5 Å². The van der Waals surface area contributed by atoms with Crippen molar-refractivity contribution in [2.45, 2.75) is 29.5 Å². The molecule has 3 fully saturated rings. The topological polar surface area (TPSA) is 104 Å². The summed E-state index contributed by atoms with van der Waals surface area (Å²) in [4.78, 5) is 52.0. The SMILES string of the molecule is COc1cc(C=C[C@H]2C3=CC[C@@H]4C(=O)N(c5ccc(C)c(Cl)c5)C(=O)[C@@H]4[C@@H]3C[C@@]3(Cl)C(=O)N(c4c(F)c(F)c(F)c(F)c4F)C(=O)[C@@]23Cl)ccc1O. The summed E-state index contributed by atoms with van der Waals surface area (Å²) in [6.45, 7) is 1.73. The fourth-order valence-electron chi connectivity index (χ4n) is 7.80. The molecule has 0 bridgehead atoms. The first-order valence-corrected chi connectivity index (χ1v) is 16.8. The Labute approximate surface area is 307 Å². The van der Waals surface area contributed by atoms with Crippen molar-refractivity contribution < 1.29 is 51.0 Å². The number of hydrogen-bond acceptors (Lipinski definition) is 6. The Morgan fingerprint density at radius 1 is 0.865 bits per heavy atom. The monoisotopic (exact) mass is 780 g/mol. The lowest BCUT2D eigenvalue weighted by Crippen LogP contribution is -2.60. The van der Waals surface area contributed by atoms with Gasteiger partial charge in [-0.15, -0.1) is 23.2 Å². The highest BCUT2D eigenvalue weighted by molar-refractivity contribution is 6.58. The summed E-state index contributed by atoms with van der Waals surface area (Å²) >= 11 is 20.5. The fraction of sp³-hybridized carbons (Fsp3) is 0.278. The molecular formula is C36H24Cl3F5N2O6. The number of hydrogen-bond donors (Lipinski definition) is 1. The van der Waals surface area contributed by atoms with Crippen LogP contribution in [0.15, 0.2) is 54.1 Å². The second kappa shape index (κ2) is 12.3. The molecule has 0 unspecified atom stereocenters. The van der Waals surface area contributed by atoms with Crippen LogP contribution in [0.1, 0.15) is 24.0 Å². The number of benzene rings is 3. The van der Waals surface area contributed by atoms with Crippen molar-refractivity contribution in [1.29, 1.82) is 0 Å². The number of rotatable bonds is 5. The van der Waals surface area contributed by atoms with Crippen LogP contribution in [0.3, 0.4) is 0 Å². The van der Waals surface area contributed by atoms with Gasteiger partial charge in [0.05, 0.1) is 24.6 Å². The molecule has 2 aliphatic carbocycles. The highest BCUT2D eigenvalue weighted by Crippen LogP contribution is 2.64. The van der Waals surface area contributed by atoms with Crippen molar-refractivity contribution in [1.82, 2.24) is 0 Å². The second-order valence-corrected chi connectivity index (χ2v) is 14.6. The number of imide groups is 2. The number of allylic oxidation sites excluding steroid dienone is 3. The molecule has 1 N–H and O–H groups in total. The maximum atomic E-state index is 15.2. The lowest BCUT2D eigenvalue weighted by molar-refractivity contribution is -0.125. The molecule has 0 aromatic heterocycles. The fourth-order valence-corrected chi connectivity index (χ4v) is 8.86. The minimum atomic E-state index is -2.66. The Hall–Kier alpha value is -4.46. The normalized spacial score (nSPS) is 28.4. The second-order valence-electron chi connectivity index (χ2n) is 13.0. The number of anilines is 2. The molecule has 2 saturated heterocycles. The number of nitrogens with zero attached hydrogens (tertiary/aromatic N) is 2. The van der Waals surface area contributed by atoms with Gasteiger partial charge in [0.25, 0.3) is 11.8 Å². The number of halogens is 8. The van der Waals surface area contributed by atoms with E-state index in [0.717, 1.165) is 4.90 Å². The molecule has 52 heavy (non-hydrogen) atoms. The van der Waals surface area contributed by atoms with Crippen molar-refractivity contribution in [2.24, 2.45) is 23.7 Å². The smallest absolute Gasteiger partial charge is 0.258 e. The van der Waals surface area contributed by atoms with Gasteiger partial charge >= 0.3 is 0 Å². The summed E-state index contributed by atoms with van der Waals surface area (Å²) in [5.74, 6) is -21.5. The Morgan fingerprint density at radius 2 is 1.52 bits per heavy atom. The van der Waals surface area contributed by atoms with E-state index in [0.29, 0.717) is 11.1 Å². The lowest BCUT2D eigenvalue weighted by Gasteiger charge is -2.49. The number of phenols is 1. The maximum absolute atomic E-state index is 15.2. The highest BCUT2D eigenvalue weighted by Gasteiger charge is 2.76. The van der Waals surface area contributed by atoms with Crippen LogP contribution in [0.5, 0.6) is 11.5 Å². The first-order chi connectivity index (χ1) is 24.5. The maximum Gasteiger partial charge on any atom is 0.258 e. The quantitative estimate of drug-likeness (QED) is 0.0725. The summed E-state index contributed by atoms with van der Waals surface area (Å²) in [5, 5.41) is 10.4. The molecule has 2 heterocycles. The number of carbonyl (C=O) groups excluding carboxylic acids is 4. The summed E-state index contributed by atoms with van der Waals surface area (Å²) in [5.41, 5.74) is -0.346. The Balaban J connectivity index is 1.40. The van der Waals surface area contributed by atoms with Crippen molar-refractivity contribution in [3.05, 3.63) is 99.4 Å². The molecule has 0 spiro atoms. The number of amides is 4. The standard InChI is InChI=1S/C36H24Cl3F5N2O6/c1-14-3-6-16(12-21(14)37)45-31(48)18-8-7-17-19(24(18)32(45)49)13-35(38)33(50)46(30-28(43)26(41)25(40)27(42)29(30)44)34(51)36(35,39)20(17)9-4-15-5-10-22(47)23(11-15)52-2/h3-7,9-12,18-20,24,47H,8,13H2,1-2H3/t18-,19+,20-,24-,35+,36-/m0/s1. The van der Waals surface area contributed by atoms with Gasteiger partial charge < -0.3 is 9.84 Å². The van der Waals surface area contributed by atoms with Crippen LogP contribution in [-0.4, -0.2) is 45.6 Å². The zero-order valence-electron chi connectivity index (χ0n) is 26.8. The Bertz CT molecular complexity index is 2190. The summed E-state index contributed by atoms with van der Waals surface area (Å²) < 4.78 is 78.5. The van der Waals surface area contributed by atoms with Gasteiger partial charge in [-0.05, 0) is 61.1 Å². The molecule has 1 saturated carbocycles. The number of ether oxygens (including phenoxy) is 1. The summed E-state index contributed by atoms with van der Waals surface area (Å²) in [6.07, 6.45) is 3.68. The van der Waals surface area contributed by atoms with Crippen LogP contribution < -0.4 is 14.5 Å². The first kappa shape index (κ1) is 35.9. The number of aryl methyl sites for hydroxylation is 1. The molecule has 3 aromatic rings. The van der Waals surface area contributed by atoms with Gasteiger partial charge in [-0.25, -0.2) is 31.8 Å². The molecule has 6 atom stereocenters. The molecule has 3 aromatic carbocycles. The van der Waals surface area contributed by atoms with E-state index < -0.39 is 98.2 Å². The van der Waals surface area contributed by atoms with Gasteiger partial charge in [-0.2, -0.15) is 0 Å². The largest absolute Gasteiger partial charge is 0.504 e. The van der Waals surface area contributed by atoms with Crippen LogP contribution in [0.2, 0.25) is 5.02 Å². The number of fused-ring (bicyclic) bond motifs is 4. The van der Waals surface area contributed by atoms with Crippen molar-refractivity contribution in [2.75, 3.05) is 16.9 Å². The van der Waals surface area contributed by atoms with E-state index >= 15 is 8.78 Å². The predicted molar refractivity (Wildman–Crippen MR) is 180 cm³/mol. The molecular weight excluding hydrogens is 758 g/mol. The van der Waals surface area contributed by atoms with Crippen LogP contribution in [0.4, 0.5) is 33.3 Å². The molecule has 7 rings (SSSR count). The average Bonchev–Trinajstić information content (AvgIpc) is 3.46. The van der Waals surface area contributed by atoms with Crippen LogP contribution in [0, 0.1) is 59.7 Å². The molecule has 270 valence electrons. The van der Waals surface area contributed by atoms with Gasteiger partial charge in [0, 0.05) is 10.9 Å². The van der Waals surface area contributed by atoms with Crippen molar-refractivity contribution in [3.8, 4) is 11.5 Å². The minimum absolute atomic E-state index is 0.0275. The van der Waals surface area contributed by atoms with E-state index in [1.165, 1.54) is 49.6 Å². The van der Waals surface area contributed by atoms with E-state index in [-0.39, 0.29) is 39.1 Å². The number of alkyl halides is 2. The van der Waals surface area contributed by atoms with E-state index in [1.807, 2.05) is 0 Å². The molecule has 4 amide bonds. The van der Waals surface area contributed by atoms with Crippen molar-refractivity contribution >= 4 is 75.9 Å². The number of carbonyl (C=O) groups is 4.